The molecule has 9 heteroatoms. The van der Waals surface area contributed by atoms with Crippen LogP contribution in [0.4, 0.5) is 16.2 Å². The molecule has 0 aliphatic carbocycles. The Hall–Kier alpha value is -3.55. The molecule has 0 bridgehead atoms. The fraction of sp³-hybridized carbons (Fsp3) is 0.192. The van der Waals surface area contributed by atoms with Crippen LogP contribution in [0.2, 0.25) is 10.0 Å². The largest absolute Gasteiger partial charge is 0.439 e. The lowest BCUT2D eigenvalue weighted by atomic mass is 9.87. The summed E-state index contributed by atoms with van der Waals surface area (Å²) < 4.78 is 11.1. The number of benzene rings is 2. The number of pyridine rings is 1. The number of hydrogen-bond acceptors (Lipinski definition) is 5. The van der Waals surface area contributed by atoms with E-state index in [0.717, 1.165) is 0 Å². The number of rotatable bonds is 5. The summed E-state index contributed by atoms with van der Waals surface area (Å²) in [7, 11) is 0. The van der Waals surface area contributed by atoms with Crippen molar-refractivity contribution in [1.29, 1.82) is 0 Å². The highest BCUT2D eigenvalue weighted by Crippen LogP contribution is 2.39. The molecule has 4 rings (SSSR count). The number of aromatic nitrogens is 2. The van der Waals surface area contributed by atoms with Crippen LogP contribution in [0.15, 0.2) is 65.3 Å². The van der Waals surface area contributed by atoms with Gasteiger partial charge < -0.3 is 19.9 Å². The molecule has 2 aromatic carbocycles. The summed E-state index contributed by atoms with van der Waals surface area (Å²) in [6.45, 7) is 8.15. The van der Waals surface area contributed by atoms with E-state index in [1.165, 1.54) is 11.8 Å². The Bertz CT molecular complexity index is 1320. The van der Waals surface area contributed by atoms with E-state index in [0.29, 0.717) is 50.1 Å². The normalized spacial score (nSPS) is 11.3. The van der Waals surface area contributed by atoms with Crippen LogP contribution in [0, 0.1) is 6.92 Å². The van der Waals surface area contributed by atoms with Gasteiger partial charge in [-0.15, -0.1) is 0 Å². The maximum absolute atomic E-state index is 12.7. The molecule has 0 atom stereocenters. The van der Waals surface area contributed by atoms with E-state index >= 15 is 0 Å². The third kappa shape index (κ3) is 5.75. The average Bonchev–Trinajstić information content (AvgIpc) is 3.14. The standard InChI is InChI=1S/C26H24Cl2N4O3/c1-15-23(24(32-35-15)22-19(27)6-5-7-20(22)28)31-25(33)30-17-10-13-21(29-14-17)34-18-11-8-16(9-12-18)26(2,3)4/h5-14H,1-4H3,(H2,30,31,33). The van der Waals surface area contributed by atoms with Gasteiger partial charge in [-0.25, -0.2) is 9.78 Å². The van der Waals surface area contributed by atoms with E-state index in [2.05, 4.69) is 41.5 Å². The predicted molar refractivity (Wildman–Crippen MR) is 139 cm³/mol. The Morgan fingerprint density at radius 3 is 2.26 bits per heavy atom. The molecule has 7 nitrogen and oxygen atoms in total. The van der Waals surface area contributed by atoms with Gasteiger partial charge in [-0.05, 0) is 48.2 Å². The third-order valence-corrected chi connectivity index (χ3v) is 5.87. The molecule has 180 valence electrons. The Morgan fingerprint density at radius 2 is 1.66 bits per heavy atom. The van der Waals surface area contributed by atoms with Gasteiger partial charge >= 0.3 is 6.03 Å². The summed E-state index contributed by atoms with van der Waals surface area (Å²) in [6.07, 6.45) is 1.50. The lowest BCUT2D eigenvalue weighted by molar-refractivity contribution is 0.262. The van der Waals surface area contributed by atoms with Crippen molar-refractivity contribution in [3.05, 3.63) is 82.2 Å². The highest BCUT2D eigenvalue weighted by atomic mass is 35.5. The Kier molecular flexibility index (Phi) is 7.00. The number of amides is 2. The summed E-state index contributed by atoms with van der Waals surface area (Å²) in [6, 6.07) is 15.8. The van der Waals surface area contributed by atoms with E-state index in [1.807, 2.05) is 24.3 Å². The van der Waals surface area contributed by atoms with Gasteiger partial charge in [-0.1, -0.05) is 67.3 Å². The van der Waals surface area contributed by atoms with Gasteiger partial charge in [0.2, 0.25) is 5.88 Å². The number of anilines is 2. The number of carbonyl (C=O) groups is 1. The van der Waals surface area contributed by atoms with Gasteiger partial charge in [-0.3, -0.25) is 0 Å². The molecule has 2 heterocycles. The number of hydrogen-bond donors (Lipinski definition) is 2. The maximum atomic E-state index is 12.7. The molecule has 0 aliphatic heterocycles. The SMILES string of the molecule is Cc1onc(-c2c(Cl)cccc2Cl)c1NC(=O)Nc1ccc(Oc2ccc(C(C)(C)C)cc2)nc1. The number of nitrogens with zero attached hydrogens (tertiary/aromatic N) is 2. The van der Waals surface area contributed by atoms with Crippen LogP contribution < -0.4 is 15.4 Å². The molecule has 0 radical (unpaired) electrons. The molecule has 0 fully saturated rings. The molecule has 2 N–H and O–H groups in total. The van der Waals surface area contributed by atoms with Crippen molar-refractivity contribution in [3.63, 3.8) is 0 Å². The van der Waals surface area contributed by atoms with Gasteiger partial charge in [0.15, 0.2) is 5.76 Å². The summed E-state index contributed by atoms with van der Waals surface area (Å²) in [5, 5.41) is 10.3. The molecule has 0 saturated heterocycles. The Labute approximate surface area is 213 Å². The van der Waals surface area contributed by atoms with Crippen molar-refractivity contribution in [2.24, 2.45) is 0 Å². The number of nitrogens with one attached hydrogen (secondary N) is 2. The third-order valence-electron chi connectivity index (χ3n) is 5.24. The molecular weight excluding hydrogens is 487 g/mol. The highest BCUT2D eigenvalue weighted by molar-refractivity contribution is 6.39. The molecule has 4 aromatic rings. The first-order valence-electron chi connectivity index (χ1n) is 10.8. The second-order valence-electron chi connectivity index (χ2n) is 8.90. The van der Waals surface area contributed by atoms with Gasteiger partial charge in [0.1, 0.15) is 17.1 Å². The monoisotopic (exact) mass is 510 g/mol. The summed E-state index contributed by atoms with van der Waals surface area (Å²) in [5.41, 5.74) is 2.94. The number of carbonyl (C=O) groups excluding carboxylic acids is 1. The first-order chi connectivity index (χ1) is 16.6. The van der Waals surface area contributed by atoms with Crippen LogP contribution in [0.3, 0.4) is 0 Å². The second kappa shape index (κ2) is 9.98. The van der Waals surface area contributed by atoms with E-state index in [9.17, 15) is 4.79 Å². The van der Waals surface area contributed by atoms with E-state index < -0.39 is 6.03 Å². The van der Waals surface area contributed by atoms with Crippen LogP contribution in [-0.2, 0) is 5.41 Å². The zero-order valence-electron chi connectivity index (χ0n) is 19.6. The van der Waals surface area contributed by atoms with Gasteiger partial charge in [0.05, 0.1) is 21.9 Å². The molecule has 0 unspecified atom stereocenters. The first kappa shape index (κ1) is 24.6. The molecule has 2 amide bonds. The molecule has 0 spiro atoms. The van der Waals surface area contributed by atoms with Gasteiger partial charge in [0.25, 0.3) is 0 Å². The highest BCUT2D eigenvalue weighted by Gasteiger charge is 2.21. The quantitative estimate of drug-likeness (QED) is 0.283. The minimum Gasteiger partial charge on any atom is -0.439 e. The van der Waals surface area contributed by atoms with Crippen molar-refractivity contribution < 1.29 is 14.1 Å². The predicted octanol–water partition coefficient (Wildman–Crippen LogP) is 8.09. The maximum Gasteiger partial charge on any atom is 0.323 e. The fourth-order valence-corrected chi connectivity index (χ4v) is 3.92. The fourth-order valence-electron chi connectivity index (χ4n) is 3.35. The molecule has 35 heavy (non-hydrogen) atoms. The number of halogens is 2. The Balaban J connectivity index is 1.42. The van der Waals surface area contributed by atoms with Crippen LogP contribution >= 0.6 is 23.2 Å². The number of aryl methyl sites for hydroxylation is 1. The molecule has 0 saturated carbocycles. The zero-order chi connectivity index (χ0) is 25.2. The van der Waals surface area contributed by atoms with E-state index in [-0.39, 0.29) is 5.41 Å². The van der Waals surface area contributed by atoms with Crippen molar-refractivity contribution >= 4 is 40.6 Å². The minimum absolute atomic E-state index is 0.0656. The molecule has 0 aliphatic rings. The van der Waals surface area contributed by atoms with Crippen molar-refractivity contribution in [1.82, 2.24) is 10.1 Å². The van der Waals surface area contributed by atoms with Crippen LogP contribution in [0.1, 0.15) is 32.1 Å². The summed E-state index contributed by atoms with van der Waals surface area (Å²) in [4.78, 5) is 16.9. The van der Waals surface area contributed by atoms with E-state index in [4.69, 9.17) is 32.5 Å². The van der Waals surface area contributed by atoms with E-state index in [1.54, 1.807) is 37.3 Å². The summed E-state index contributed by atoms with van der Waals surface area (Å²) >= 11 is 12.6. The van der Waals surface area contributed by atoms with Crippen LogP contribution in [0.5, 0.6) is 11.6 Å². The average molecular weight is 511 g/mol. The first-order valence-corrected chi connectivity index (χ1v) is 11.6. The number of ether oxygens (including phenoxy) is 1. The van der Waals surface area contributed by atoms with Crippen molar-refractivity contribution in [2.75, 3.05) is 10.6 Å². The van der Waals surface area contributed by atoms with Crippen molar-refractivity contribution in [3.8, 4) is 22.9 Å². The van der Waals surface area contributed by atoms with Crippen LogP contribution in [-0.4, -0.2) is 16.2 Å². The molecular formula is C26H24Cl2N4O3. The topological polar surface area (TPSA) is 89.3 Å². The lowest BCUT2D eigenvalue weighted by Crippen LogP contribution is -2.20. The van der Waals surface area contributed by atoms with Gasteiger partial charge in [-0.2, -0.15) is 0 Å². The van der Waals surface area contributed by atoms with Gasteiger partial charge in [0, 0.05) is 11.6 Å². The lowest BCUT2D eigenvalue weighted by Gasteiger charge is -2.19. The Morgan fingerprint density at radius 1 is 0.971 bits per heavy atom. The second-order valence-corrected chi connectivity index (χ2v) is 9.71. The molecule has 2 aromatic heterocycles. The minimum atomic E-state index is -0.506. The smallest absolute Gasteiger partial charge is 0.323 e. The zero-order valence-corrected chi connectivity index (χ0v) is 21.2. The van der Waals surface area contributed by atoms with Crippen molar-refractivity contribution in [2.45, 2.75) is 33.1 Å². The van der Waals surface area contributed by atoms with Crippen LogP contribution in [0.25, 0.3) is 11.3 Å². The summed E-state index contributed by atoms with van der Waals surface area (Å²) in [5.74, 6) is 1.49. The number of urea groups is 1.